The van der Waals surface area contributed by atoms with Gasteiger partial charge in [-0.1, -0.05) is 12.8 Å². The van der Waals surface area contributed by atoms with Gasteiger partial charge in [0.2, 0.25) is 0 Å². The number of likely N-dealkylation sites (tertiary alicyclic amines) is 1. The molecule has 0 aromatic carbocycles. The summed E-state index contributed by atoms with van der Waals surface area (Å²) in [5.41, 5.74) is 5.79. The van der Waals surface area contributed by atoms with Gasteiger partial charge in [-0.25, -0.2) is 4.79 Å². The maximum absolute atomic E-state index is 12.4. The van der Waals surface area contributed by atoms with E-state index in [9.17, 15) is 4.79 Å². The molecule has 0 aromatic heterocycles. The van der Waals surface area contributed by atoms with Crippen LogP contribution in [0.15, 0.2) is 0 Å². The van der Waals surface area contributed by atoms with Crippen molar-refractivity contribution in [2.75, 3.05) is 19.7 Å². The molecule has 1 heterocycles. The highest BCUT2D eigenvalue weighted by Gasteiger charge is 2.51. The number of ether oxygens (including phenoxy) is 1. The normalized spacial score (nSPS) is 30.5. The van der Waals surface area contributed by atoms with Crippen LogP contribution in [-0.4, -0.2) is 42.1 Å². The molecular weight excluding hydrogens is 264 g/mol. The van der Waals surface area contributed by atoms with Gasteiger partial charge in [0.05, 0.1) is 6.61 Å². The highest BCUT2D eigenvalue weighted by Crippen LogP contribution is 2.42. The summed E-state index contributed by atoms with van der Waals surface area (Å²) in [5.74, 6) is 0.990. The van der Waals surface area contributed by atoms with E-state index in [2.05, 4.69) is 4.90 Å². The lowest BCUT2D eigenvalue weighted by molar-refractivity contribution is -0.151. The topological polar surface area (TPSA) is 55.6 Å². The minimum atomic E-state index is -0.767. The van der Waals surface area contributed by atoms with Gasteiger partial charge in [-0.15, -0.1) is 0 Å². The van der Waals surface area contributed by atoms with Crippen molar-refractivity contribution in [3.8, 4) is 0 Å². The van der Waals surface area contributed by atoms with Crippen molar-refractivity contribution >= 4 is 5.97 Å². The molecule has 3 aliphatic rings. The van der Waals surface area contributed by atoms with Crippen LogP contribution < -0.4 is 5.73 Å². The van der Waals surface area contributed by atoms with E-state index < -0.39 is 5.54 Å². The molecule has 4 nitrogen and oxygen atoms in total. The first-order valence-electron chi connectivity index (χ1n) is 8.85. The van der Waals surface area contributed by atoms with Crippen molar-refractivity contribution in [2.24, 2.45) is 17.6 Å². The number of hydrogen-bond donors (Lipinski definition) is 1. The van der Waals surface area contributed by atoms with E-state index in [4.69, 9.17) is 10.5 Å². The molecule has 0 bridgehead atoms. The molecule has 2 N–H and O–H groups in total. The molecule has 3 rings (SSSR count). The van der Waals surface area contributed by atoms with Crippen LogP contribution in [0, 0.1) is 11.8 Å². The van der Waals surface area contributed by atoms with Gasteiger partial charge in [-0.2, -0.15) is 0 Å². The van der Waals surface area contributed by atoms with Gasteiger partial charge in [0.1, 0.15) is 5.54 Å². The molecule has 120 valence electrons. The number of esters is 1. The lowest BCUT2D eigenvalue weighted by Gasteiger charge is -2.36. The SMILES string of the molecule is CCOC(=O)C(N)(CN1CCCC1C1CCCC1)C1CC1. The number of carbonyl (C=O) groups excluding carboxylic acids is 1. The second kappa shape index (κ2) is 6.25. The maximum atomic E-state index is 12.4. The second-order valence-corrected chi connectivity index (χ2v) is 7.26. The second-order valence-electron chi connectivity index (χ2n) is 7.26. The Morgan fingerprint density at radius 1 is 1.19 bits per heavy atom. The molecule has 2 atom stereocenters. The van der Waals surface area contributed by atoms with E-state index >= 15 is 0 Å². The monoisotopic (exact) mass is 294 g/mol. The fourth-order valence-corrected chi connectivity index (χ4v) is 4.48. The zero-order valence-corrected chi connectivity index (χ0v) is 13.4. The van der Waals surface area contributed by atoms with Gasteiger partial charge in [0.25, 0.3) is 0 Å². The Morgan fingerprint density at radius 2 is 1.90 bits per heavy atom. The van der Waals surface area contributed by atoms with Crippen LogP contribution in [0.1, 0.15) is 58.3 Å². The van der Waals surface area contributed by atoms with Crippen molar-refractivity contribution in [1.82, 2.24) is 4.90 Å². The van der Waals surface area contributed by atoms with Gasteiger partial charge in [-0.05, 0) is 63.8 Å². The zero-order valence-electron chi connectivity index (χ0n) is 13.4. The highest BCUT2D eigenvalue weighted by atomic mass is 16.5. The van der Waals surface area contributed by atoms with E-state index in [0.29, 0.717) is 25.1 Å². The first-order valence-corrected chi connectivity index (χ1v) is 8.85. The Hall–Kier alpha value is -0.610. The van der Waals surface area contributed by atoms with Crippen molar-refractivity contribution in [2.45, 2.75) is 69.9 Å². The molecule has 2 unspecified atom stereocenters. The average molecular weight is 294 g/mol. The van der Waals surface area contributed by atoms with Crippen LogP contribution in [0.4, 0.5) is 0 Å². The summed E-state index contributed by atoms with van der Waals surface area (Å²) >= 11 is 0. The minimum absolute atomic E-state index is 0.176. The van der Waals surface area contributed by atoms with E-state index in [0.717, 1.165) is 25.3 Å². The van der Waals surface area contributed by atoms with Crippen molar-refractivity contribution in [3.05, 3.63) is 0 Å². The van der Waals surface area contributed by atoms with Crippen LogP contribution in [-0.2, 0) is 9.53 Å². The number of nitrogens with two attached hydrogens (primary N) is 1. The van der Waals surface area contributed by atoms with Crippen molar-refractivity contribution < 1.29 is 9.53 Å². The summed E-state index contributed by atoms with van der Waals surface area (Å²) in [7, 11) is 0. The van der Waals surface area contributed by atoms with E-state index in [-0.39, 0.29) is 5.97 Å². The number of rotatable bonds is 6. The van der Waals surface area contributed by atoms with E-state index in [1.807, 2.05) is 6.92 Å². The third-order valence-electron chi connectivity index (χ3n) is 5.78. The highest BCUT2D eigenvalue weighted by molar-refractivity contribution is 5.82. The zero-order chi connectivity index (χ0) is 14.9. The van der Waals surface area contributed by atoms with Crippen LogP contribution in [0.5, 0.6) is 0 Å². The lowest BCUT2D eigenvalue weighted by atomic mass is 9.91. The fourth-order valence-electron chi connectivity index (χ4n) is 4.48. The van der Waals surface area contributed by atoms with Crippen LogP contribution in [0.2, 0.25) is 0 Å². The van der Waals surface area contributed by atoms with Crippen molar-refractivity contribution in [3.63, 3.8) is 0 Å². The van der Waals surface area contributed by atoms with Gasteiger partial charge in [0, 0.05) is 12.6 Å². The molecule has 0 radical (unpaired) electrons. The van der Waals surface area contributed by atoms with Crippen molar-refractivity contribution in [1.29, 1.82) is 0 Å². The predicted molar refractivity (Wildman–Crippen MR) is 82.8 cm³/mol. The van der Waals surface area contributed by atoms with Gasteiger partial charge in [-0.3, -0.25) is 4.90 Å². The lowest BCUT2D eigenvalue weighted by Crippen LogP contribution is -2.59. The third kappa shape index (κ3) is 3.11. The Balaban J connectivity index is 1.68. The molecule has 2 aliphatic carbocycles. The summed E-state index contributed by atoms with van der Waals surface area (Å²) in [6.45, 7) is 4.10. The molecule has 0 amide bonds. The Kier molecular flexibility index (Phi) is 4.55. The maximum Gasteiger partial charge on any atom is 0.327 e. The molecule has 1 aliphatic heterocycles. The smallest absolute Gasteiger partial charge is 0.327 e. The summed E-state index contributed by atoms with van der Waals surface area (Å²) in [6, 6.07) is 0.656. The molecule has 1 saturated heterocycles. The van der Waals surface area contributed by atoms with E-state index in [1.54, 1.807) is 0 Å². The number of carbonyl (C=O) groups is 1. The summed E-state index contributed by atoms with van der Waals surface area (Å²) in [5, 5.41) is 0. The molecular formula is C17H30N2O2. The first-order chi connectivity index (χ1) is 10.1. The Labute approximate surface area is 128 Å². The van der Waals surface area contributed by atoms with E-state index in [1.165, 1.54) is 38.5 Å². The Bertz CT molecular complexity index is 377. The largest absolute Gasteiger partial charge is 0.465 e. The number of nitrogens with zero attached hydrogens (tertiary/aromatic N) is 1. The van der Waals surface area contributed by atoms with Crippen LogP contribution >= 0.6 is 0 Å². The third-order valence-corrected chi connectivity index (χ3v) is 5.78. The summed E-state index contributed by atoms with van der Waals surface area (Å²) < 4.78 is 5.29. The molecule has 0 spiro atoms. The summed E-state index contributed by atoms with van der Waals surface area (Å²) in [6.07, 6.45) is 10.2. The molecule has 21 heavy (non-hydrogen) atoms. The van der Waals surface area contributed by atoms with Gasteiger partial charge < -0.3 is 10.5 Å². The summed E-state index contributed by atoms with van der Waals surface area (Å²) in [4.78, 5) is 14.9. The average Bonchev–Trinajstić information content (AvgIpc) is 3.00. The fraction of sp³-hybridized carbons (Fsp3) is 0.941. The molecule has 2 saturated carbocycles. The molecule has 4 heteroatoms. The first kappa shape index (κ1) is 15.3. The van der Waals surface area contributed by atoms with Gasteiger partial charge >= 0.3 is 5.97 Å². The van der Waals surface area contributed by atoms with Crippen LogP contribution in [0.3, 0.4) is 0 Å². The number of hydrogen-bond acceptors (Lipinski definition) is 4. The molecule has 3 fully saturated rings. The Morgan fingerprint density at radius 3 is 2.52 bits per heavy atom. The predicted octanol–water partition coefficient (Wildman–Crippen LogP) is 2.31. The minimum Gasteiger partial charge on any atom is -0.465 e. The quantitative estimate of drug-likeness (QED) is 0.764. The van der Waals surface area contributed by atoms with Crippen LogP contribution in [0.25, 0.3) is 0 Å². The van der Waals surface area contributed by atoms with Gasteiger partial charge in [0.15, 0.2) is 0 Å². The standard InChI is InChI=1S/C17H30N2O2/c1-2-21-16(20)17(18,14-9-10-14)12-19-11-5-8-15(19)13-6-3-4-7-13/h13-15H,2-12,18H2,1H3. The molecule has 0 aromatic rings.